The van der Waals surface area contributed by atoms with Crippen molar-refractivity contribution in [1.82, 2.24) is 19.9 Å². The maximum Gasteiger partial charge on any atom is 0.433 e. The van der Waals surface area contributed by atoms with Gasteiger partial charge in [-0.2, -0.15) is 13.2 Å². The highest BCUT2D eigenvalue weighted by atomic mass is 32.1. The molecule has 0 spiro atoms. The van der Waals surface area contributed by atoms with Gasteiger partial charge in [-0.1, -0.05) is 0 Å². The van der Waals surface area contributed by atoms with E-state index in [-0.39, 0.29) is 30.2 Å². The lowest BCUT2D eigenvalue weighted by Crippen LogP contribution is -2.37. The van der Waals surface area contributed by atoms with Crippen LogP contribution < -0.4 is 4.90 Å². The summed E-state index contributed by atoms with van der Waals surface area (Å²) >= 11 is 1.48. The number of halogens is 3. The van der Waals surface area contributed by atoms with Gasteiger partial charge in [-0.15, -0.1) is 11.3 Å². The van der Waals surface area contributed by atoms with Crippen molar-refractivity contribution in [3.05, 3.63) is 34.7 Å². The number of fused-ring (bicyclic) bond motifs is 1. The molecule has 0 aromatic carbocycles. The number of carbonyl (C=O) groups is 1. The first-order valence-electron chi connectivity index (χ1n) is 7.76. The quantitative estimate of drug-likeness (QED) is 0.831. The number of likely N-dealkylation sites (tertiary alicyclic amines) is 1. The van der Waals surface area contributed by atoms with Crippen molar-refractivity contribution in [2.45, 2.75) is 37.6 Å². The first-order valence-corrected chi connectivity index (χ1v) is 8.64. The molecule has 0 bridgehead atoms. The average molecular weight is 369 g/mol. The lowest BCUT2D eigenvalue weighted by molar-refractivity contribution is -0.141. The van der Waals surface area contributed by atoms with Crippen LogP contribution >= 0.6 is 11.3 Å². The smallest absolute Gasteiger partial charge is 0.351 e. The van der Waals surface area contributed by atoms with Gasteiger partial charge in [0.15, 0.2) is 0 Å². The SMILES string of the molecule is O=C1C[C@H]2[C@H](CCN2c2cc(C(F)(F)F)ncn2)N1Cc1cncs1. The third-order valence-electron chi connectivity index (χ3n) is 4.66. The van der Waals surface area contributed by atoms with Gasteiger partial charge in [0, 0.05) is 30.1 Å². The molecular formula is C15H14F3N5OS. The van der Waals surface area contributed by atoms with E-state index >= 15 is 0 Å². The van der Waals surface area contributed by atoms with E-state index in [0.29, 0.717) is 19.5 Å². The van der Waals surface area contributed by atoms with Crippen molar-refractivity contribution in [2.24, 2.45) is 0 Å². The van der Waals surface area contributed by atoms with Crippen LogP contribution in [0.15, 0.2) is 24.1 Å². The summed E-state index contributed by atoms with van der Waals surface area (Å²) in [6.07, 6.45) is -0.856. The summed E-state index contributed by atoms with van der Waals surface area (Å²) in [7, 11) is 0. The van der Waals surface area contributed by atoms with Gasteiger partial charge in [0.1, 0.15) is 17.8 Å². The normalized spacial score (nSPS) is 23.4. The molecule has 4 rings (SSSR count). The Morgan fingerprint density at radius 2 is 2.12 bits per heavy atom. The molecule has 2 aliphatic rings. The Morgan fingerprint density at radius 3 is 2.84 bits per heavy atom. The summed E-state index contributed by atoms with van der Waals surface area (Å²) in [4.78, 5) is 28.3. The zero-order chi connectivity index (χ0) is 17.6. The molecule has 2 atom stereocenters. The number of hydrogen-bond donors (Lipinski definition) is 0. The first-order chi connectivity index (χ1) is 11.9. The second-order valence-corrected chi connectivity index (χ2v) is 7.04. The third kappa shape index (κ3) is 2.94. The lowest BCUT2D eigenvalue weighted by atomic mass is 10.1. The van der Waals surface area contributed by atoms with Gasteiger partial charge in [0.05, 0.1) is 24.1 Å². The minimum atomic E-state index is -4.51. The van der Waals surface area contributed by atoms with Crippen molar-refractivity contribution >= 4 is 23.1 Å². The summed E-state index contributed by atoms with van der Waals surface area (Å²) in [5, 5.41) is 0. The molecule has 0 radical (unpaired) electrons. The highest BCUT2D eigenvalue weighted by Crippen LogP contribution is 2.37. The molecule has 0 aliphatic carbocycles. The maximum atomic E-state index is 12.9. The Labute approximate surface area is 145 Å². The number of hydrogen-bond acceptors (Lipinski definition) is 6. The summed E-state index contributed by atoms with van der Waals surface area (Å²) in [5.41, 5.74) is 0.750. The topological polar surface area (TPSA) is 62.2 Å². The second-order valence-electron chi connectivity index (χ2n) is 6.07. The zero-order valence-corrected chi connectivity index (χ0v) is 13.8. The van der Waals surface area contributed by atoms with Crippen LogP contribution in [0, 0.1) is 0 Å². The Balaban J connectivity index is 1.56. The summed E-state index contributed by atoms with van der Waals surface area (Å²) in [6.45, 7) is 1.06. The van der Waals surface area contributed by atoms with Crippen LogP contribution in [-0.4, -0.2) is 44.4 Å². The number of anilines is 1. The minimum Gasteiger partial charge on any atom is -0.351 e. The van der Waals surface area contributed by atoms with Gasteiger partial charge in [0.2, 0.25) is 5.91 Å². The fraction of sp³-hybridized carbons (Fsp3) is 0.467. The largest absolute Gasteiger partial charge is 0.433 e. The van der Waals surface area contributed by atoms with E-state index in [4.69, 9.17) is 0 Å². The number of amides is 1. The molecule has 0 unspecified atom stereocenters. The van der Waals surface area contributed by atoms with Gasteiger partial charge >= 0.3 is 6.18 Å². The molecule has 4 heterocycles. The predicted octanol–water partition coefficient (Wildman–Crippen LogP) is 2.33. The van der Waals surface area contributed by atoms with Gasteiger partial charge < -0.3 is 9.80 Å². The van der Waals surface area contributed by atoms with E-state index in [2.05, 4.69) is 15.0 Å². The van der Waals surface area contributed by atoms with Crippen LogP contribution in [0.4, 0.5) is 19.0 Å². The summed E-state index contributed by atoms with van der Waals surface area (Å²) < 4.78 is 38.6. The molecule has 2 fully saturated rings. The molecule has 1 amide bonds. The van der Waals surface area contributed by atoms with Gasteiger partial charge in [0.25, 0.3) is 0 Å². The van der Waals surface area contributed by atoms with Crippen LogP contribution in [0.2, 0.25) is 0 Å². The number of aromatic nitrogens is 3. The number of carbonyl (C=O) groups excluding carboxylic acids is 1. The molecule has 10 heteroatoms. The van der Waals surface area contributed by atoms with Crippen LogP contribution in [-0.2, 0) is 17.5 Å². The molecular weight excluding hydrogens is 355 g/mol. The fourth-order valence-electron chi connectivity index (χ4n) is 3.57. The molecule has 25 heavy (non-hydrogen) atoms. The van der Waals surface area contributed by atoms with Crippen molar-refractivity contribution in [1.29, 1.82) is 0 Å². The van der Waals surface area contributed by atoms with E-state index in [1.165, 1.54) is 11.3 Å². The number of nitrogens with zero attached hydrogens (tertiary/aromatic N) is 5. The standard InChI is InChI=1S/C15H14F3N5OS/c16-15(17,18)12-4-13(21-7-20-12)22-2-1-10-11(22)3-14(24)23(10)6-9-5-19-8-25-9/h4-5,7-8,10-11H,1-3,6H2/t10-,11-/m0/s1. The van der Waals surface area contributed by atoms with E-state index in [9.17, 15) is 18.0 Å². The first kappa shape index (κ1) is 16.2. The summed E-state index contributed by atoms with van der Waals surface area (Å²) in [6, 6.07) is 0.786. The minimum absolute atomic E-state index is 0.0122. The Hall–Kier alpha value is -2.23. The number of thiazole rings is 1. The monoisotopic (exact) mass is 369 g/mol. The van der Waals surface area contributed by atoms with E-state index in [1.54, 1.807) is 16.6 Å². The lowest BCUT2D eigenvalue weighted by Gasteiger charge is -2.26. The molecule has 2 saturated heterocycles. The number of alkyl halides is 3. The van der Waals surface area contributed by atoms with Gasteiger partial charge in [-0.3, -0.25) is 9.78 Å². The third-order valence-corrected chi connectivity index (χ3v) is 5.43. The molecule has 2 aliphatic heterocycles. The summed E-state index contributed by atoms with van der Waals surface area (Å²) in [5.74, 6) is 0.237. The van der Waals surface area contributed by atoms with E-state index < -0.39 is 11.9 Å². The molecule has 6 nitrogen and oxygen atoms in total. The van der Waals surface area contributed by atoms with Crippen molar-refractivity contribution < 1.29 is 18.0 Å². The zero-order valence-electron chi connectivity index (χ0n) is 13.0. The molecule has 2 aromatic heterocycles. The fourth-order valence-corrected chi connectivity index (χ4v) is 4.16. The highest BCUT2D eigenvalue weighted by molar-refractivity contribution is 7.09. The average Bonchev–Trinajstić information content (AvgIpc) is 3.26. The Morgan fingerprint density at radius 1 is 1.28 bits per heavy atom. The van der Waals surface area contributed by atoms with E-state index in [0.717, 1.165) is 17.3 Å². The molecule has 0 N–H and O–H groups in total. The van der Waals surface area contributed by atoms with Crippen LogP contribution in [0.1, 0.15) is 23.4 Å². The van der Waals surface area contributed by atoms with Crippen molar-refractivity contribution in [3.8, 4) is 0 Å². The van der Waals surface area contributed by atoms with Gasteiger partial charge in [-0.25, -0.2) is 9.97 Å². The highest BCUT2D eigenvalue weighted by Gasteiger charge is 2.47. The molecule has 0 saturated carbocycles. The van der Waals surface area contributed by atoms with Crippen LogP contribution in [0.25, 0.3) is 0 Å². The molecule has 2 aromatic rings. The second kappa shape index (κ2) is 5.94. The van der Waals surface area contributed by atoms with Crippen LogP contribution in [0.3, 0.4) is 0 Å². The van der Waals surface area contributed by atoms with Gasteiger partial charge in [-0.05, 0) is 6.42 Å². The number of rotatable bonds is 3. The van der Waals surface area contributed by atoms with Crippen molar-refractivity contribution in [2.75, 3.05) is 11.4 Å². The Kier molecular flexibility index (Phi) is 3.86. The molecule has 132 valence electrons. The predicted molar refractivity (Wildman–Crippen MR) is 83.9 cm³/mol. The maximum absolute atomic E-state index is 12.9. The Bertz CT molecular complexity index is 782. The van der Waals surface area contributed by atoms with Crippen molar-refractivity contribution in [3.63, 3.8) is 0 Å². The van der Waals surface area contributed by atoms with E-state index in [1.807, 2.05) is 4.90 Å². The van der Waals surface area contributed by atoms with Crippen LogP contribution in [0.5, 0.6) is 0 Å².